The normalized spacial score (nSPS) is 9.47. The second kappa shape index (κ2) is 5.44. The Bertz CT molecular complexity index is 708. The van der Waals surface area contributed by atoms with Crippen LogP contribution in [0, 0.1) is 29.6 Å². The first kappa shape index (κ1) is 13.0. The minimum absolute atomic E-state index is 0.473. The number of hydrogen-bond acceptors (Lipinski definition) is 3. The Labute approximate surface area is 116 Å². The third kappa shape index (κ3) is 2.85. The van der Waals surface area contributed by atoms with Crippen LogP contribution in [0.3, 0.4) is 0 Å². The monoisotopic (exact) mass is 267 g/mol. The van der Waals surface area contributed by atoms with Gasteiger partial charge in [-0.05, 0) is 42.8 Å². The van der Waals surface area contributed by atoms with Gasteiger partial charge < -0.3 is 5.32 Å². The Hall–Kier alpha value is -2.49. The third-order valence-corrected chi connectivity index (χ3v) is 3.05. The molecular weight excluding hydrogens is 258 g/mol. The van der Waals surface area contributed by atoms with Crippen LogP contribution >= 0.6 is 11.6 Å². The zero-order valence-electron chi connectivity index (χ0n) is 10.2. The van der Waals surface area contributed by atoms with Gasteiger partial charge in [0.25, 0.3) is 0 Å². The van der Waals surface area contributed by atoms with Crippen LogP contribution < -0.4 is 5.32 Å². The average molecular weight is 268 g/mol. The van der Waals surface area contributed by atoms with E-state index in [2.05, 4.69) is 11.4 Å². The summed E-state index contributed by atoms with van der Waals surface area (Å²) in [5.41, 5.74) is 3.64. The van der Waals surface area contributed by atoms with Crippen molar-refractivity contribution >= 4 is 23.0 Å². The van der Waals surface area contributed by atoms with Gasteiger partial charge in [0.05, 0.1) is 34.0 Å². The minimum atomic E-state index is 0.473. The summed E-state index contributed by atoms with van der Waals surface area (Å²) in [6, 6.07) is 14.6. The van der Waals surface area contributed by atoms with Crippen LogP contribution in [0.15, 0.2) is 36.4 Å². The van der Waals surface area contributed by atoms with Gasteiger partial charge in [0.1, 0.15) is 0 Å². The molecule has 0 spiro atoms. The van der Waals surface area contributed by atoms with Gasteiger partial charge in [-0.15, -0.1) is 0 Å². The van der Waals surface area contributed by atoms with E-state index in [1.807, 2.05) is 19.1 Å². The Morgan fingerprint density at radius 2 is 1.58 bits per heavy atom. The van der Waals surface area contributed by atoms with Gasteiger partial charge in [0.15, 0.2) is 0 Å². The van der Waals surface area contributed by atoms with Gasteiger partial charge in [-0.25, -0.2) is 0 Å². The first-order valence-electron chi connectivity index (χ1n) is 5.61. The predicted octanol–water partition coefficient (Wildman–Crippen LogP) is 4.14. The van der Waals surface area contributed by atoms with Crippen LogP contribution in [-0.2, 0) is 0 Å². The number of nitrogens with one attached hydrogen (secondary N) is 1. The fourth-order valence-corrected chi connectivity index (χ4v) is 1.89. The van der Waals surface area contributed by atoms with Crippen molar-refractivity contribution in [1.29, 1.82) is 10.5 Å². The average Bonchev–Trinajstić information content (AvgIpc) is 2.43. The number of rotatable bonds is 2. The smallest absolute Gasteiger partial charge is 0.0992 e. The molecule has 2 aromatic carbocycles. The molecule has 0 heterocycles. The lowest BCUT2D eigenvalue weighted by molar-refractivity contribution is 1.40. The molecule has 0 unspecified atom stereocenters. The van der Waals surface area contributed by atoms with Crippen molar-refractivity contribution in [3.05, 3.63) is 58.1 Å². The molecule has 2 rings (SSSR count). The van der Waals surface area contributed by atoms with E-state index in [0.29, 0.717) is 21.8 Å². The number of benzene rings is 2. The molecule has 1 N–H and O–H groups in total. The molecule has 92 valence electrons. The van der Waals surface area contributed by atoms with Crippen LogP contribution in [0.4, 0.5) is 11.4 Å². The third-order valence-electron chi connectivity index (χ3n) is 2.73. The Balaban J connectivity index is 2.37. The highest BCUT2D eigenvalue weighted by atomic mass is 35.5. The number of halogens is 1. The SMILES string of the molecule is Cc1ccc(C#N)cc1Nc1ccc(C#N)cc1Cl. The summed E-state index contributed by atoms with van der Waals surface area (Å²) in [5.74, 6) is 0. The van der Waals surface area contributed by atoms with Crippen molar-refractivity contribution in [1.82, 2.24) is 0 Å². The van der Waals surface area contributed by atoms with Gasteiger partial charge in [0, 0.05) is 5.69 Å². The van der Waals surface area contributed by atoms with E-state index in [1.54, 1.807) is 30.3 Å². The van der Waals surface area contributed by atoms with Crippen LogP contribution in [0.1, 0.15) is 16.7 Å². The molecule has 0 aromatic heterocycles. The number of anilines is 2. The number of nitriles is 2. The van der Waals surface area contributed by atoms with Crippen molar-refractivity contribution < 1.29 is 0 Å². The molecule has 0 fully saturated rings. The summed E-state index contributed by atoms with van der Waals surface area (Å²) >= 11 is 6.11. The van der Waals surface area contributed by atoms with Crippen LogP contribution in [0.2, 0.25) is 5.02 Å². The predicted molar refractivity (Wildman–Crippen MR) is 75.3 cm³/mol. The van der Waals surface area contributed by atoms with E-state index in [1.165, 1.54) is 0 Å². The minimum Gasteiger partial charge on any atom is -0.354 e. The Morgan fingerprint density at radius 1 is 0.947 bits per heavy atom. The molecule has 3 nitrogen and oxygen atoms in total. The molecule has 0 radical (unpaired) electrons. The number of hydrogen-bond donors (Lipinski definition) is 1. The maximum atomic E-state index is 8.90. The standard InChI is InChI=1S/C15H10ClN3/c1-10-2-3-12(9-18)7-15(10)19-14-5-4-11(8-17)6-13(14)16/h2-7,19H,1H3. The number of aryl methyl sites for hydroxylation is 1. The van der Waals surface area contributed by atoms with Crippen LogP contribution in [-0.4, -0.2) is 0 Å². The van der Waals surface area contributed by atoms with E-state index in [4.69, 9.17) is 22.1 Å². The van der Waals surface area contributed by atoms with Crippen molar-refractivity contribution in [3.8, 4) is 12.1 Å². The highest BCUT2D eigenvalue weighted by Crippen LogP contribution is 2.28. The van der Waals surface area contributed by atoms with E-state index >= 15 is 0 Å². The molecule has 0 aliphatic heterocycles. The lowest BCUT2D eigenvalue weighted by atomic mass is 10.1. The van der Waals surface area contributed by atoms with E-state index in [-0.39, 0.29) is 0 Å². The zero-order valence-corrected chi connectivity index (χ0v) is 11.0. The van der Waals surface area contributed by atoms with Gasteiger partial charge in [-0.3, -0.25) is 0 Å². The highest BCUT2D eigenvalue weighted by Gasteiger charge is 2.05. The molecule has 2 aromatic rings. The van der Waals surface area contributed by atoms with E-state index < -0.39 is 0 Å². The summed E-state index contributed by atoms with van der Waals surface area (Å²) < 4.78 is 0. The molecule has 0 saturated carbocycles. The fraction of sp³-hybridized carbons (Fsp3) is 0.0667. The molecule has 0 saturated heterocycles. The maximum Gasteiger partial charge on any atom is 0.0992 e. The lowest BCUT2D eigenvalue weighted by Gasteiger charge is -2.11. The molecule has 0 amide bonds. The van der Waals surface area contributed by atoms with Crippen molar-refractivity contribution in [2.75, 3.05) is 5.32 Å². The topological polar surface area (TPSA) is 59.6 Å². The quantitative estimate of drug-likeness (QED) is 0.890. The molecule has 0 aliphatic carbocycles. The summed E-state index contributed by atoms with van der Waals surface area (Å²) in [5, 5.41) is 21.3. The largest absolute Gasteiger partial charge is 0.354 e. The van der Waals surface area contributed by atoms with E-state index in [9.17, 15) is 0 Å². The van der Waals surface area contributed by atoms with Gasteiger partial charge in [-0.2, -0.15) is 10.5 Å². The molecular formula is C15H10ClN3. The lowest BCUT2D eigenvalue weighted by Crippen LogP contribution is -1.95. The molecule has 19 heavy (non-hydrogen) atoms. The first-order chi connectivity index (χ1) is 9.13. The molecule has 0 aliphatic rings. The summed E-state index contributed by atoms with van der Waals surface area (Å²) in [4.78, 5) is 0. The number of nitrogens with zero attached hydrogens (tertiary/aromatic N) is 2. The van der Waals surface area contributed by atoms with E-state index in [0.717, 1.165) is 11.3 Å². The Kier molecular flexibility index (Phi) is 3.71. The summed E-state index contributed by atoms with van der Waals surface area (Å²) in [7, 11) is 0. The van der Waals surface area contributed by atoms with Crippen LogP contribution in [0.25, 0.3) is 0 Å². The second-order valence-corrected chi connectivity index (χ2v) is 4.48. The van der Waals surface area contributed by atoms with Crippen LogP contribution in [0.5, 0.6) is 0 Å². The van der Waals surface area contributed by atoms with Gasteiger partial charge in [-0.1, -0.05) is 17.7 Å². The fourth-order valence-electron chi connectivity index (χ4n) is 1.66. The summed E-state index contributed by atoms with van der Waals surface area (Å²) in [6.45, 7) is 1.95. The second-order valence-electron chi connectivity index (χ2n) is 4.07. The zero-order chi connectivity index (χ0) is 13.8. The van der Waals surface area contributed by atoms with Crippen molar-refractivity contribution in [2.45, 2.75) is 6.92 Å². The highest BCUT2D eigenvalue weighted by molar-refractivity contribution is 6.33. The summed E-state index contributed by atoms with van der Waals surface area (Å²) in [6.07, 6.45) is 0. The van der Waals surface area contributed by atoms with Gasteiger partial charge >= 0.3 is 0 Å². The molecule has 4 heteroatoms. The Morgan fingerprint density at radius 3 is 2.21 bits per heavy atom. The van der Waals surface area contributed by atoms with Crippen molar-refractivity contribution in [3.63, 3.8) is 0 Å². The molecule has 0 atom stereocenters. The maximum absolute atomic E-state index is 8.90. The van der Waals surface area contributed by atoms with Gasteiger partial charge in [0.2, 0.25) is 0 Å². The first-order valence-corrected chi connectivity index (χ1v) is 5.99. The van der Waals surface area contributed by atoms with Crippen molar-refractivity contribution in [2.24, 2.45) is 0 Å². The molecule has 0 bridgehead atoms.